The van der Waals surface area contributed by atoms with Gasteiger partial charge in [-0.15, -0.1) is 11.3 Å². The highest BCUT2D eigenvalue weighted by molar-refractivity contribution is 7.10. The molecule has 1 atom stereocenters. The number of hydrogen-bond acceptors (Lipinski definition) is 3. The van der Waals surface area contributed by atoms with Gasteiger partial charge in [-0.3, -0.25) is 0 Å². The lowest BCUT2D eigenvalue weighted by Gasteiger charge is -2.22. The fourth-order valence-corrected chi connectivity index (χ4v) is 3.22. The molecule has 1 N–H and O–H groups in total. The molecule has 0 aliphatic carbocycles. The van der Waals surface area contributed by atoms with Gasteiger partial charge in [-0.25, -0.2) is 0 Å². The standard InChI is InChI=1S/C11H17NOS/c1-3-12-6-5-11(13,8-12)10-9(2)4-7-14-10/h4,7,13H,3,5-6,8H2,1-2H3. The number of β-amino-alcohol motifs (C(OH)–C–C–N with tert-alkyl or cyclic N) is 1. The van der Waals surface area contributed by atoms with E-state index in [1.54, 1.807) is 11.3 Å². The maximum absolute atomic E-state index is 10.5. The molecule has 0 bridgehead atoms. The van der Waals surface area contributed by atoms with Crippen LogP contribution in [-0.4, -0.2) is 29.6 Å². The Morgan fingerprint density at radius 3 is 2.93 bits per heavy atom. The van der Waals surface area contributed by atoms with Crippen LogP contribution in [0.25, 0.3) is 0 Å². The normalized spacial score (nSPS) is 28.5. The minimum absolute atomic E-state index is 0.575. The Kier molecular flexibility index (Phi) is 2.64. The van der Waals surface area contributed by atoms with Crippen LogP contribution in [0.15, 0.2) is 11.4 Å². The van der Waals surface area contributed by atoms with Crippen LogP contribution in [0.3, 0.4) is 0 Å². The quantitative estimate of drug-likeness (QED) is 0.808. The number of aliphatic hydroxyl groups is 1. The van der Waals surface area contributed by atoms with Crippen molar-refractivity contribution in [2.75, 3.05) is 19.6 Å². The molecule has 1 fully saturated rings. The van der Waals surface area contributed by atoms with Crippen LogP contribution in [0.5, 0.6) is 0 Å². The highest BCUT2D eigenvalue weighted by Gasteiger charge is 2.38. The van der Waals surface area contributed by atoms with Gasteiger partial charge in [0.25, 0.3) is 0 Å². The molecule has 1 aromatic heterocycles. The van der Waals surface area contributed by atoms with E-state index in [4.69, 9.17) is 0 Å². The Balaban J connectivity index is 2.22. The van der Waals surface area contributed by atoms with Crippen molar-refractivity contribution in [3.05, 3.63) is 21.9 Å². The lowest BCUT2D eigenvalue weighted by Crippen LogP contribution is -2.30. The van der Waals surface area contributed by atoms with Crippen LogP contribution in [0, 0.1) is 6.92 Å². The number of likely N-dealkylation sites (tertiary alicyclic amines) is 1. The number of likely N-dealkylation sites (N-methyl/N-ethyl adjacent to an activating group) is 1. The molecule has 1 saturated heterocycles. The van der Waals surface area contributed by atoms with Gasteiger partial charge in [-0.2, -0.15) is 0 Å². The maximum atomic E-state index is 10.5. The summed E-state index contributed by atoms with van der Waals surface area (Å²) >= 11 is 1.68. The molecule has 1 aliphatic heterocycles. The van der Waals surface area contributed by atoms with E-state index in [-0.39, 0.29) is 0 Å². The summed E-state index contributed by atoms with van der Waals surface area (Å²) in [7, 11) is 0. The molecule has 0 spiro atoms. The van der Waals surface area contributed by atoms with E-state index in [0.29, 0.717) is 0 Å². The van der Waals surface area contributed by atoms with E-state index in [0.717, 1.165) is 30.9 Å². The van der Waals surface area contributed by atoms with Crippen molar-refractivity contribution in [3.63, 3.8) is 0 Å². The summed E-state index contributed by atoms with van der Waals surface area (Å²) in [5.41, 5.74) is 0.657. The Hall–Kier alpha value is -0.380. The van der Waals surface area contributed by atoms with E-state index in [9.17, 15) is 5.11 Å². The van der Waals surface area contributed by atoms with Gasteiger partial charge in [0.05, 0.1) is 0 Å². The Bertz CT molecular complexity index is 323. The van der Waals surface area contributed by atoms with Crippen molar-refractivity contribution in [1.29, 1.82) is 0 Å². The summed E-state index contributed by atoms with van der Waals surface area (Å²) in [6, 6.07) is 2.09. The summed E-state index contributed by atoms with van der Waals surface area (Å²) < 4.78 is 0. The number of aryl methyl sites for hydroxylation is 1. The first kappa shape index (κ1) is 10.1. The predicted octanol–water partition coefficient (Wildman–Crippen LogP) is 1.97. The minimum Gasteiger partial charge on any atom is -0.383 e. The van der Waals surface area contributed by atoms with E-state index in [1.807, 2.05) is 0 Å². The van der Waals surface area contributed by atoms with Gasteiger partial charge in [0.1, 0.15) is 5.60 Å². The molecule has 1 aromatic rings. The predicted molar refractivity (Wildman–Crippen MR) is 59.7 cm³/mol. The summed E-state index contributed by atoms with van der Waals surface area (Å²) in [4.78, 5) is 3.47. The third-order valence-electron chi connectivity index (χ3n) is 3.06. The molecular formula is C11H17NOS. The van der Waals surface area contributed by atoms with Crippen molar-refractivity contribution in [2.45, 2.75) is 25.9 Å². The second-order valence-electron chi connectivity index (χ2n) is 4.08. The number of hydrogen-bond donors (Lipinski definition) is 1. The highest BCUT2D eigenvalue weighted by atomic mass is 32.1. The van der Waals surface area contributed by atoms with Gasteiger partial charge >= 0.3 is 0 Å². The average molecular weight is 211 g/mol. The molecule has 0 saturated carbocycles. The first-order valence-corrected chi connectivity index (χ1v) is 6.03. The second kappa shape index (κ2) is 3.65. The fraction of sp³-hybridized carbons (Fsp3) is 0.636. The van der Waals surface area contributed by atoms with Crippen LogP contribution in [0.2, 0.25) is 0 Å². The minimum atomic E-state index is -0.575. The van der Waals surface area contributed by atoms with Crippen molar-refractivity contribution in [3.8, 4) is 0 Å². The summed E-state index contributed by atoms with van der Waals surface area (Å²) in [5.74, 6) is 0. The maximum Gasteiger partial charge on any atom is 0.113 e. The van der Waals surface area contributed by atoms with Gasteiger partial charge < -0.3 is 10.0 Å². The van der Waals surface area contributed by atoms with Crippen LogP contribution >= 0.6 is 11.3 Å². The second-order valence-corrected chi connectivity index (χ2v) is 5.00. The molecular weight excluding hydrogens is 194 g/mol. The van der Waals surface area contributed by atoms with Gasteiger partial charge in [-0.1, -0.05) is 6.92 Å². The molecule has 3 heteroatoms. The third-order valence-corrected chi connectivity index (χ3v) is 4.27. The smallest absolute Gasteiger partial charge is 0.113 e. The average Bonchev–Trinajstić information content (AvgIpc) is 2.73. The molecule has 0 aromatic carbocycles. The van der Waals surface area contributed by atoms with Crippen LogP contribution in [0.4, 0.5) is 0 Å². The largest absolute Gasteiger partial charge is 0.383 e. The summed E-state index contributed by atoms with van der Waals surface area (Å²) in [6.45, 7) is 7.08. The molecule has 1 aliphatic rings. The van der Waals surface area contributed by atoms with Gasteiger partial charge in [0, 0.05) is 18.0 Å². The van der Waals surface area contributed by atoms with Gasteiger partial charge in [0.15, 0.2) is 0 Å². The summed E-state index contributed by atoms with van der Waals surface area (Å²) in [6.07, 6.45) is 0.877. The van der Waals surface area contributed by atoms with Gasteiger partial charge in [-0.05, 0) is 36.9 Å². The SMILES string of the molecule is CCN1CCC(O)(c2sccc2C)C1. The van der Waals surface area contributed by atoms with Crippen molar-refractivity contribution < 1.29 is 5.11 Å². The number of nitrogens with zero attached hydrogens (tertiary/aromatic N) is 1. The van der Waals surface area contributed by atoms with Gasteiger partial charge in [0.2, 0.25) is 0 Å². The Morgan fingerprint density at radius 1 is 1.64 bits per heavy atom. The first-order valence-electron chi connectivity index (χ1n) is 5.15. The van der Waals surface area contributed by atoms with Crippen molar-refractivity contribution >= 4 is 11.3 Å². The van der Waals surface area contributed by atoms with Crippen LogP contribution in [0.1, 0.15) is 23.8 Å². The molecule has 78 valence electrons. The summed E-state index contributed by atoms with van der Waals surface area (Å²) in [5, 5.41) is 12.6. The highest BCUT2D eigenvalue weighted by Crippen LogP contribution is 2.36. The first-order chi connectivity index (χ1) is 6.65. The molecule has 14 heavy (non-hydrogen) atoms. The Morgan fingerprint density at radius 2 is 2.43 bits per heavy atom. The van der Waals surface area contributed by atoms with E-state index in [1.165, 1.54) is 5.56 Å². The Labute approximate surface area is 89.2 Å². The molecule has 2 nitrogen and oxygen atoms in total. The lowest BCUT2D eigenvalue weighted by atomic mass is 9.98. The third kappa shape index (κ3) is 1.60. The zero-order chi connectivity index (χ0) is 10.2. The molecule has 1 unspecified atom stereocenters. The molecule has 0 amide bonds. The lowest BCUT2D eigenvalue weighted by molar-refractivity contribution is 0.0499. The van der Waals surface area contributed by atoms with Crippen LogP contribution < -0.4 is 0 Å². The number of thiophene rings is 1. The zero-order valence-electron chi connectivity index (χ0n) is 8.79. The van der Waals surface area contributed by atoms with Crippen LogP contribution in [-0.2, 0) is 5.60 Å². The molecule has 2 heterocycles. The fourth-order valence-electron chi connectivity index (χ4n) is 2.18. The van der Waals surface area contributed by atoms with E-state index in [2.05, 4.69) is 30.2 Å². The molecule has 0 radical (unpaired) electrons. The van der Waals surface area contributed by atoms with E-state index >= 15 is 0 Å². The zero-order valence-corrected chi connectivity index (χ0v) is 9.60. The van der Waals surface area contributed by atoms with Crippen molar-refractivity contribution in [2.24, 2.45) is 0 Å². The monoisotopic (exact) mass is 211 g/mol. The number of rotatable bonds is 2. The van der Waals surface area contributed by atoms with E-state index < -0.39 is 5.60 Å². The topological polar surface area (TPSA) is 23.5 Å². The van der Waals surface area contributed by atoms with Crippen molar-refractivity contribution in [1.82, 2.24) is 4.90 Å². The molecule has 2 rings (SSSR count).